The van der Waals surface area contributed by atoms with E-state index in [1.54, 1.807) is 24.3 Å². The van der Waals surface area contributed by atoms with Gasteiger partial charge in [0.05, 0.1) is 6.42 Å². The molecule has 3 aromatic rings. The lowest BCUT2D eigenvalue weighted by Crippen LogP contribution is -2.48. The lowest BCUT2D eigenvalue weighted by molar-refractivity contribution is -0.142. The Kier molecular flexibility index (Phi) is 7.36. The van der Waals surface area contributed by atoms with Crippen LogP contribution < -0.4 is 5.32 Å². The van der Waals surface area contributed by atoms with Crippen LogP contribution in [0.2, 0.25) is 5.02 Å². The van der Waals surface area contributed by atoms with Gasteiger partial charge < -0.3 is 20.1 Å². The van der Waals surface area contributed by atoms with Gasteiger partial charge in [-0.2, -0.15) is 0 Å². The van der Waals surface area contributed by atoms with Crippen LogP contribution in [0.3, 0.4) is 0 Å². The molecule has 7 nitrogen and oxygen atoms in total. The summed E-state index contributed by atoms with van der Waals surface area (Å²) in [5.41, 5.74) is 5.01. The number of carbonyl (C=O) groups is 3. The molecule has 0 saturated heterocycles. The lowest BCUT2D eigenvalue weighted by atomic mass is 9.98. The molecule has 0 saturated carbocycles. The van der Waals surface area contributed by atoms with Gasteiger partial charge in [-0.3, -0.25) is 9.59 Å². The zero-order chi connectivity index (χ0) is 24.9. The van der Waals surface area contributed by atoms with Crippen LogP contribution in [0, 0.1) is 0 Å². The number of carboxylic acid groups (broad SMARTS) is 1. The normalized spacial score (nSPS) is 12.9. The first-order valence-corrected chi connectivity index (χ1v) is 11.5. The molecule has 2 amide bonds. The second kappa shape index (κ2) is 10.6. The van der Waals surface area contributed by atoms with Gasteiger partial charge in [0.25, 0.3) is 0 Å². The number of likely N-dealkylation sites (N-methyl/N-ethyl adjacent to an activating group) is 1. The van der Waals surface area contributed by atoms with Crippen molar-refractivity contribution >= 4 is 29.6 Å². The van der Waals surface area contributed by atoms with Gasteiger partial charge in [-0.05, 0) is 33.9 Å². The molecule has 8 heteroatoms. The summed E-state index contributed by atoms with van der Waals surface area (Å²) in [7, 11) is 1.53. The van der Waals surface area contributed by atoms with Crippen molar-refractivity contribution in [1.82, 2.24) is 10.2 Å². The van der Waals surface area contributed by atoms with Crippen LogP contribution in [0.1, 0.15) is 29.0 Å². The first kappa shape index (κ1) is 24.3. The predicted octanol–water partition coefficient (Wildman–Crippen LogP) is 4.68. The zero-order valence-electron chi connectivity index (χ0n) is 19.1. The molecular weight excluding hydrogens is 468 g/mol. The Morgan fingerprint density at radius 2 is 1.54 bits per heavy atom. The van der Waals surface area contributed by atoms with E-state index in [-0.39, 0.29) is 19.1 Å². The Labute approximate surface area is 208 Å². The fourth-order valence-electron chi connectivity index (χ4n) is 4.38. The van der Waals surface area contributed by atoms with Gasteiger partial charge in [0.2, 0.25) is 5.91 Å². The van der Waals surface area contributed by atoms with Crippen molar-refractivity contribution < 1.29 is 24.2 Å². The third-order valence-corrected chi connectivity index (χ3v) is 6.42. The molecule has 2 N–H and O–H groups in total. The number of carboxylic acids is 1. The minimum absolute atomic E-state index is 0.0588. The number of aliphatic carboxylic acids is 1. The minimum Gasteiger partial charge on any atom is -0.481 e. The van der Waals surface area contributed by atoms with Crippen LogP contribution in [0.5, 0.6) is 0 Å². The van der Waals surface area contributed by atoms with Crippen molar-refractivity contribution in [2.24, 2.45) is 0 Å². The number of hydrogen-bond donors (Lipinski definition) is 2. The molecule has 1 aliphatic carbocycles. The fraction of sp³-hybridized carbons (Fsp3) is 0.222. The van der Waals surface area contributed by atoms with E-state index in [2.05, 4.69) is 5.32 Å². The van der Waals surface area contributed by atoms with E-state index in [0.29, 0.717) is 10.6 Å². The van der Waals surface area contributed by atoms with Gasteiger partial charge in [0.1, 0.15) is 12.6 Å². The summed E-state index contributed by atoms with van der Waals surface area (Å²) in [6.07, 6.45) is -1.42. The summed E-state index contributed by atoms with van der Waals surface area (Å²) in [4.78, 5) is 38.3. The number of carbonyl (C=O) groups excluding carboxylic acids is 2. The highest BCUT2D eigenvalue weighted by molar-refractivity contribution is 6.31. The number of nitrogens with one attached hydrogen (secondary N) is 1. The first-order chi connectivity index (χ1) is 16.8. The maximum atomic E-state index is 13.0. The maximum absolute atomic E-state index is 13.0. The number of rotatable bonds is 8. The standard InChI is InChI=1S/C27H25ClN2O5/c1-30(15-17-8-2-7-13-23(17)28)26(33)24(14-25(31)32)29-27(34)35-16-22-20-11-5-3-9-18(20)19-10-4-6-12-21(19)22/h2-13,22,24H,14-16H2,1H3,(H,29,34)(H,31,32). The Hall–Kier alpha value is -3.84. The highest BCUT2D eigenvalue weighted by atomic mass is 35.5. The SMILES string of the molecule is CN(Cc1ccccc1Cl)C(=O)C(CC(=O)O)NC(=O)OCC1c2ccccc2-c2ccccc21. The van der Waals surface area contributed by atoms with Crippen LogP contribution in [-0.2, 0) is 20.9 Å². The van der Waals surface area contributed by atoms with Crippen molar-refractivity contribution in [2.75, 3.05) is 13.7 Å². The zero-order valence-corrected chi connectivity index (χ0v) is 19.9. The van der Waals surface area contributed by atoms with E-state index >= 15 is 0 Å². The Bertz CT molecular complexity index is 1220. The molecule has 0 radical (unpaired) electrons. The highest BCUT2D eigenvalue weighted by Crippen LogP contribution is 2.44. The molecule has 3 aromatic carbocycles. The second-order valence-electron chi connectivity index (χ2n) is 8.41. The van der Waals surface area contributed by atoms with Crippen LogP contribution >= 0.6 is 11.6 Å². The monoisotopic (exact) mass is 492 g/mol. The van der Waals surface area contributed by atoms with Crippen molar-refractivity contribution in [3.63, 3.8) is 0 Å². The Morgan fingerprint density at radius 3 is 2.14 bits per heavy atom. The van der Waals surface area contributed by atoms with Crippen LogP contribution in [-0.4, -0.2) is 47.7 Å². The summed E-state index contributed by atoms with van der Waals surface area (Å²) < 4.78 is 5.48. The number of alkyl carbamates (subject to hydrolysis) is 1. The van der Waals surface area contributed by atoms with Crippen LogP contribution in [0.4, 0.5) is 4.79 Å². The predicted molar refractivity (Wildman–Crippen MR) is 132 cm³/mol. The topological polar surface area (TPSA) is 95.9 Å². The van der Waals surface area contributed by atoms with Crippen molar-refractivity contribution in [3.05, 3.63) is 94.5 Å². The number of ether oxygens (including phenoxy) is 1. The Balaban J connectivity index is 1.42. The van der Waals surface area contributed by atoms with Gasteiger partial charge in [-0.15, -0.1) is 0 Å². The summed E-state index contributed by atoms with van der Waals surface area (Å²) in [5.74, 6) is -1.92. The number of halogens is 1. The number of amides is 2. The van der Waals surface area contributed by atoms with E-state index in [1.165, 1.54) is 11.9 Å². The van der Waals surface area contributed by atoms with Crippen molar-refractivity contribution in [1.29, 1.82) is 0 Å². The average molecular weight is 493 g/mol. The summed E-state index contributed by atoms with van der Waals surface area (Å²) in [6.45, 7) is 0.226. The molecule has 0 aliphatic heterocycles. The van der Waals surface area contributed by atoms with Gasteiger partial charge in [0, 0.05) is 24.5 Å². The maximum Gasteiger partial charge on any atom is 0.407 e. The lowest BCUT2D eigenvalue weighted by Gasteiger charge is -2.24. The van der Waals surface area contributed by atoms with Crippen molar-refractivity contribution in [3.8, 4) is 11.1 Å². The molecule has 0 spiro atoms. The summed E-state index contributed by atoms with van der Waals surface area (Å²) >= 11 is 6.17. The third kappa shape index (κ3) is 5.46. The highest BCUT2D eigenvalue weighted by Gasteiger charge is 2.31. The number of benzene rings is 3. The second-order valence-corrected chi connectivity index (χ2v) is 8.81. The van der Waals surface area contributed by atoms with Crippen molar-refractivity contribution in [2.45, 2.75) is 24.9 Å². The molecule has 0 heterocycles. The number of nitrogens with zero attached hydrogens (tertiary/aromatic N) is 1. The van der Waals surface area contributed by atoms with E-state index in [9.17, 15) is 19.5 Å². The van der Waals surface area contributed by atoms with E-state index in [4.69, 9.17) is 16.3 Å². The molecule has 180 valence electrons. The smallest absolute Gasteiger partial charge is 0.407 e. The van der Waals surface area contributed by atoms with Gasteiger partial charge >= 0.3 is 12.1 Å². The molecular formula is C27H25ClN2O5. The average Bonchev–Trinajstić information content (AvgIpc) is 3.16. The van der Waals surface area contributed by atoms with E-state index in [0.717, 1.165) is 22.3 Å². The number of fused-ring (bicyclic) bond motifs is 3. The Morgan fingerprint density at radius 1 is 0.971 bits per heavy atom. The van der Waals surface area contributed by atoms with E-state index in [1.807, 2.05) is 48.5 Å². The molecule has 1 atom stereocenters. The fourth-order valence-corrected chi connectivity index (χ4v) is 4.58. The van der Waals surface area contributed by atoms with E-state index < -0.39 is 30.4 Å². The third-order valence-electron chi connectivity index (χ3n) is 6.05. The first-order valence-electron chi connectivity index (χ1n) is 11.2. The largest absolute Gasteiger partial charge is 0.481 e. The molecule has 0 bridgehead atoms. The number of hydrogen-bond acceptors (Lipinski definition) is 4. The molecule has 35 heavy (non-hydrogen) atoms. The quantitative estimate of drug-likeness (QED) is 0.476. The van der Waals surface area contributed by atoms with Crippen LogP contribution in [0.25, 0.3) is 11.1 Å². The van der Waals surface area contributed by atoms with Gasteiger partial charge in [0.15, 0.2) is 0 Å². The molecule has 0 fully saturated rings. The molecule has 1 aliphatic rings. The molecule has 1 unspecified atom stereocenters. The minimum atomic E-state index is -1.28. The summed E-state index contributed by atoms with van der Waals surface area (Å²) in [5, 5.41) is 12.2. The summed E-state index contributed by atoms with van der Waals surface area (Å²) in [6, 6.07) is 21.6. The molecule has 0 aromatic heterocycles. The van der Waals surface area contributed by atoms with Gasteiger partial charge in [-0.25, -0.2) is 4.79 Å². The van der Waals surface area contributed by atoms with Gasteiger partial charge in [-0.1, -0.05) is 78.3 Å². The molecule has 4 rings (SSSR count). The van der Waals surface area contributed by atoms with Crippen LogP contribution in [0.15, 0.2) is 72.8 Å².